The number of carbonyl (C=O) groups excluding carboxylic acids is 1. The number of hydrogen-bond acceptors (Lipinski definition) is 4. The molecular weight excluding hydrogens is 434 g/mol. The van der Waals surface area contributed by atoms with Crippen LogP contribution in [-0.4, -0.2) is 75.2 Å². The molecule has 3 rings (SSSR count). The molecule has 0 N–H and O–H groups in total. The van der Waals surface area contributed by atoms with E-state index in [1.807, 2.05) is 43.1 Å². The van der Waals surface area contributed by atoms with Gasteiger partial charge in [-0.25, -0.2) is 12.7 Å². The first-order valence-electron chi connectivity index (χ1n) is 11.9. The number of carbonyl (C=O) groups is 1. The summed E-state index contributed by atoms with van der Waals surface area (Å²) < 4.78 is 27.6. The van der Waals surface area contributed by atoms with E-state index >= 15 is 0 Å². The molecule has 1 amide bonds. The van der Waals surface area contributed by atoms with Crippen molar-refractivity contribution in [1.29, 1.82) is 0 Å². The van der Waals surface area contributed by atoms with Gasteiger partial charge in [0.05, 0.1) is 4.90 Å². The molecule has 2 aromatic carbocycles. The van der Waals surface area contributed by atoms with E-state index in [0.29, 0.717) is 11.4 Å². The summed E-state index contributed by atoms with van der Waals surface area (Å²) in [6, 6.07) is 18.8. The number of likely N-dealkylation sites (tertiary alicyclic amines) is 1. The minimum Gasteiger partial charge on any atom is -0.346 e. The predicted molar refractivity (Wildman–Crippen MR) is 133 cm³/mol. The number of hydrogen-bond donors (Lipinski definition) is 0. The molecule has 2 aromatic rings. The monoisotopic (exact) mass is 471 g/mol. The zero-order chi connectivity index (χ0) is 23.8. The third-order valence-corrected chi connectivity index (χ3v) is 8.62. The quantitative estimate of drug-likeness (QED) is 0.531. The molecule has 7 heteroatoms. The van der Waals surface area contributed by atoms with Gasteiger partial charge in [0.15, 0.2) is 0 Å². The smallest absolute Gasteiger partial charge is 0.242 e. The van der Waals surface area contributed by atoms with Gasteiger partial charge in [-0.15, -0.1) is 0 Å². The molecule has 180 valence electrons. The average Bonchev–Trinajstić information content (AvgIpc) is 2.86. The van der Waals surface area contributed by atoms with Crippen LogP contribution in [0.1, 0.15) is 37.7 Å². The molecule has 0 saturated carbocycles. The Labute approximate surface area is 199 Å². The Bertz CT molecular complexity index is 974. The van der Waals surface area contributed by atoms with Gasteiger partial charge in [-0.2, -0.15) is 0 Å². The summed E-state index contributed by atoms with van der Waals surface area (Å²) in [5.41, 5.74) is 1.15. The summed E-state index contributed by atoms with van der Waals surface area (Å²) in [4.78, 5) is 17.0. The van der Waals surface area contributed by atoms with Crippen molar-refractivity contribution in [2.24, 2.45) is 5.92 Å². The molecule has 0 aromatic heterocycles. The van der Waals surface area contributed by atoms with Crippen LogP contribution in [0.25, 0.3) is 0 Å². The van der Waals surface area contributed by atoms with E-state index in [9.17, 15) is 13.2 Å². The molecule has 0 bridgehead atoms. The lowest BCUT2D eigenvalue weighted by Crippen LogP contribution is -2.42. The summed E-state index contributed by atoms with van der Waals surface area (Å²) in [5.74, 6) is 0.477. The van der Waals surface area contributed by atoms with Crippen LogP contribution in [0, 0.1) is 5.92 Å². The SMILES string of the molecule is CCN(C)C(=O)C1CCN(CCC(CN(C)S(=O)(=O)c2ccccc2)c2ccccc2)CC1. The summed E-state index contributed by atoms with van der Waals surface area (Å²) in [6.45, 7) is 5.89. The van der Waals surface area contributed by atoms with Crippen LogP contribution < -0.4 is 0 Å². The van der Waals surface area contributed by atoms with Gasteiger partial charge in [0.2, 0.25) is 15.9 Å². The van der Waals surface area contributed by atoms with Gasteiger partial charge in [0, 0.05) is 33.1 Å². The molecule has 1 unspecified atom stereocenters. The molecule has 0 aliphatic carbocycles. The van der Waals surface area contributed by atoms with Gasteiger partial charge < -0.3 is 9.80 Å². The van der Waals surface area contributed by atoms with E-state index in [1.54, 1.807) is 31.3 Å². The van der Waals surface area contributed by atoms with E-state index in [0.717, 1.165) is 51.0 Å². The predicted octanol–water partition coefficient (Wildman–Crippen LogP) is 3.67. The highest BCUT2D eigenvalue weighted by Crippen LogP contribution is 2.26. The number of piperidine rings is 1. The van der Waals surface area contributed by atoms with Crippen LogP contribution in [0.5, 0.6) is 0 Å². The lowest BCUT2D eigenvalue weighted by atomic mass is 9.93. The maximum atomic E-state index is 13.1. The van der Waals surface area contributed by atoms with Crippen molar-refractivity contribution in [2.45, 2.75) is 37.0 Å². The third-order valence-electron chi connectivity index (χ3n) is 6.78. The maximum Gasteiger partial charge on any atom is 0.242 e. The lowest BCUT2D eigenvalue weighted by molar-refractivity contribution is -0.135. The fraction of sp³-hybridized carbons (Fsp3) is 0.500. The first-order chi connectivity index (χ1) is 15.8. The van der Waals surface area contributed by atoms with Crippen LogP contribution >= 0.6 is 0 Å². The standard InChI is InChI=1S/C26H37N3O3S/c1-4-27(2)26(30)23-15-18-29(19-16-23)20-17-24(22-11-7-5-8-12-22)21-28(3)33(31,32)25-13-9-6-10-14-25/h5-14,23-24H,4,15-21H2,1-3H3. The van der Waals surface area contributed by atoms with Crippen LogP contribution in [0.3, 0.4) is 0 Å². The summed E-state index contributed by atoms with van der Waals surface area (Å²) >= 11 is 0. The molecule has 1 aliphatic heterocycles. The number of sulfonamides is 1. The molecule has 0 spiro atoms. The number of rotatable bonds is 10. The second-order valence-electron chi connectivity index (χ2n) is 8.96. The van der Waals surface area contributed by atoms with Gasteiger partial charge in [0.25, 0.3) is 0 Å². The second kappa shape index (κ2) is 11.8. The van der Waals surface area contributed by atoms with Crippen molar-refractivity contribution in [3.63, 3.8) is 0 Å². The summed E-state index contributed by atoms with van der Waals surface area (Å²) in [6.07, 6.45) is 2.65. The van der Waals surface area contributed by atoms with Gasteiger partial charge in [-0.05, 0) is 69.4 Å². The summed E-state index contributed by atoms with van der Waals surface area (Å²) in [7, 11) is 0.00526. The van der Waals surface area contributed by atoms with E-state index in [1.165, 1.54) is 4.31 Å². The number of benzene rings is 2. The van der Waals surface area contributed by atoms with Crippen LogP contribution in [0.2, 0.25) is 0 Å². The zero-order valence-electron chi connectivity index (χ0n) is 20.1. The van der Waals surface area contributed by atoms with Gasteiger partial charge in [0.1, 0.15) is 0 Å². The maximum absolute atomic E-state index is 13.1. The van der Waals surface area contributed by atoms with Crippen molar-refractivity contribution < 1.29 is 13.2 Å². The van der Waals surface area contributed by atoms with Crippen molar-refractivity contribution >= 4 is 15.9 Å². The van der Waals surface area contributed by atoms with Gasteiger partial charge >= 0.3 is 0 Å². The highest BCUT2D eigenvalue weighted by Gasteiger charge is 2.28. The number of amides is 1. The topological polar surface area (TPSA) is 60.9 Å². The fourth-order valence-corrected chi connectivity index (χ4v) is 5.72. The van der Waals surface area contributed by atoms with Gasteiger partial charge in [-0.3, -0.25) is 4.79 Å². The molecule has 0 radical (unpaired) electrons. The second-order valence-corrected chi connectivity index (χ2v) is 11.0. The Morgan fingerprint density at radius 1 is 1.00 bits per heavy atom. The van der Waals surface area contributed by atoms with Crippen LogP contribution in [-0.2, 0) is 14.8 Å². The van der Waals surface area contributed by atoms with E-state index in [-0.39, 0.29) is 17.7 Å². The molecule has 1 fully saturated rings. The molecule has 33 heavy (non-hydrogen) atoms. The Morgan fingerprint density at radius 3 is 2.15 bits per heavy atom. The molecule has 6 nitrogen and oxygen atoms in total. The van der Waals surface area contributed by atoms with Crippen LogP contribution in [0.4, 0.5) is 0 Å². The average molecular weight is 472 g/mol. The molecule has 1 aliphatic rings. The molecule has 1 heterocycles. The minimum absolute atomic E-state index is 0.0975. The minimum atomic E-state index is -3.54. The lowest BCUT2D eigenvalue weighted by Gasteiger charge is -2.34. The van der Waals surface area contributed by atoms with Gasteiger partial charge in [-0.1, -0.05) is 48.5 Å². The largest absolute Gasteiger partial charge is 0.346 e. The van der Waals surface area contributed by atoms with Crippen LogP contribution in [0.15, 0.2) is 65.6 Å². The molecular formula is C26H37N3O3S. The number of nitrogens with zero attached hydrogens (tertiary/aromatic N) is 3. The van der Waals surface area contributed by atoms with Crippen molar-refractivity contribution in [2.75, 3.05) is 46.8 Å². The zero-order valence-corrected chi connectivity index (χ0v) is 20.9. The fourth-order valence-electron chi connectivity index (χ4n) is 4.48. The van der Waals surface area contributed by atoms with E-state index in [2.05, 4.69) is 17.0 Å². The summed E-state index contributed by atoms with van der Waals surface area (Å²) in [5, 5.41) is 0. The van der Waals surface area contributed by atoms with Crippen molar-refractivity contribution in [3.8, 4) is 0 Å². The molecule has 1 atom stereocenters. The Balaban J connectivity index is 1.63. The third kappa shape index (κ3) is 6.65. The van der Waals surface area contributed by atoms with E-state index < -0.39 is 10.0 Å². The van der Waals surface area contributed by atoms with Crippen molar-refractivity contribution in [3.05, 3.63) is 66.2 Å². The Hall–Kier alpha value is -2.22. The van der Waals surface area contributed by atoms with E-state index in [4.69, 9.17) is 0 Å². The normalized spacial score (nSPS) is 16.6. The molecule has 1 saturated heterocycles. The highest BCUT2D eigenvalue weighted by atomic mass is 32.2. The Kier molecular flexibility index (Phi) is 9.06. The number of likely N-dealkylation sites (N-methyl/N-ethyl adjacent to an activating group) is 1. The first-order valence-corrected chi connectivity index (χ1v) is 13.3. The first kappa shape index (κ1) is 25.4. The Morgan fingerprint density at radius 2 is 1.58 bits per heavy atom. The van der Waals surface area contributed by atoms with Crippen molar-refractivity contribution in [1.82, 2.24) is 14.1 Å². The highest BCUT2D eigenvalue weighted by molar-refractivity contribution is 7.89.